The highest BCUT2D eigenvalue weighted by atomic mass is 32.1. The number of nitrogens with zero attached hydrogens (tertiary/aromatic N) is 5. The maximum absolute atomic E-state index is 13.5. The molecule has 40 heavy (non-hydrogen) atoms. The largest absolute Gasteiger partial charge is 0.417 e. The minimum Gasteiger partial charge on any atom is -0.402 e. The molecule has 6 rings (SSSR count). The van der Waals surface area contributed by atoms with Gasteiger partial charge in [0, 0.05) is 35.3 Å². The second-order valence-electron chi connectivity index (χ2n) is 9.08. The van der Waals surface area contributed by atoms with Crippen LogP contribution < -0.4 is 15.5 Å². The van der Waals surface area contributed by atoms with Crippen LogP contribution in [0.1, 0.15) is 21.6 Å². The zero-order valence-corrected chi connectivity index (χ0v) is 21.8. The zero-order chi connectivity index (χ0) is 27.9. The highest BCUT2D eigenvalue weighted by Crippen LogP contribution is 2.37. The Bertz CT molecular complexity index is 1580. The Morgan fingerprint density at radius 2 is 1.90 bits per heavy atom. The van der Waals surface area contributed by atoms with Gasteiger partial charge in [-0.25, -0.2) is 9.98 Å². The monoisotopic (exact) mass is 569 g/mol. The Hall–Kier alpha value is -4.30. The summed E-state index contributed by atoms with van der Waals surface area (Å²) >= 11 is 1.44. The van der Waals surface area contributed by atoms with Gasteiger partial charge in [-0.3, -0.25) is 4.79 Å². The Balaban J connectivity index is 1.33. The molecule has 1 amide bonds. The van der Waals surface area contributed by atoms with Crippen LogP contribution in [0.3, 0.4) is 0 Å². The summed E-state index contributed by atoms with van der Waals surface area (Å²) in [5.41, 5.74) is 1.62. The number of benzene rings is 1. The third-order valence-electron chi connectivity index (χ3n) is 6.34. The number of hydrogen-bond donors (Lipinski definition) is 2. The van der Waals surface area contributed by atoms with Gasteiger partial charge in [0.15, 0.2) is 5.69 Å². The molecule has 1 fully saturated rings. The van der Waals surface area contributed by atoms with Crippen molar-refractivity contribution in [3.63, 3.8) is 0 Å². The minimum atomic E-state index is -4.57. The van der Waals surface area contributed by atoms with Gasteiger partial charge in [0.05, 0.1) is 30.2 Å². The number of fused-ring (bicyclic) bond motifs is 1. The van der Waals surface area contributed by atoms with E-state index in [1.165, 1.54) is 11.3 Å². The number of amides is 1. The summed E-state index contributed by atoms with van der Waals surface area (Å²) in [5, 5.41) is 14.4. The second-order valence-corrected chi connectivity index (χ2v) is 10.3. The topological polar surface area (TPSA) is 118 Å². The van der Waals surface area contributed by atoms with Crippen LogP contribution in [0, 0.1) is 6.92 Å². The first-order chi connectivity index (χ1) is 19.3. The molecule has 0 bridgehead atoms. The number of carbonyl (C=O) groups excluding carboxylic acids is 1. The Kier molecular flexibility index (Phi) is 6.72. The number of aromatic nitrogens is 3. The lowest BCUT2D eigenvalue weighted by atomic mass is 10.0. The molecule has 0 saturated carbocycles. The van der Waals surface area contributed by atoms with Crippen LogP contribution in [-0.4, -0.2) is 59.3 Å². The second kappa shape index (κ2) is 10.4. The number of morpholine rings is 1. The summed E-state index contributed by atoms with van der Waals surface area (Å²) in [4.78, 5) is 24.6. The number of pyridine rings is 1. The normalized spacial score (nSPS) is 17.6. The van der Waals surface area contributed by atoms with E-state index >= 15 is 0 Å². The average molecular weight is 570 g/mol. The molecular weight excluding hydrogens is 547 g/mol. The minimum absolute atomic E-state index is 0.0897. The number of hydrogen-bond acceptors (Lipinski definition) is 10. The SMILES string of the molecule is Cc1cc2c(s1)NC(=O)C(Nc1nnc(-c3ncc(C(F)(F)F)cc3N3CCOCC3)o1)N=C2c1ccccc1. The van der Waals surface area contributed by atoms with E-state index in [1.54, 1.807) is 4.90 Å². The number of rotatable bonds is 5. The van der Waals surface area contributed by atoms with Crippen LogP contribution in [0.4, 0.5) is 29.9 Å². The number of carbonyl (C=O) groups is 1. The first-order valence-corrected chi connectivity index (χ1v) is 13.1. The Morgan fingerprint density at radius 1 is 1.12 bits per heavy atom. The van der Waals surface area contributed by atoms with E-state index in [0.29, 0.717) is 37.0 Å². The average Bonchev–Trinajstić information content (AvgIpc) is 3.54. The lowest BCUT2D eigenvalue weighted by molar-refractivity contribution is -0.137. The number of halogens is 3. The Morgan fingerprint density at radius 3 is 2.65 bits per heavy atom. The third kappa shape index (κ3) is 5.14. The molecule has 4 aromatic rings. The van der Waals surface area contributed by atoms with Gasteiger partial charge < -0.3 is 24.7 Å². The fourth-order valence-corrected chi connectivity index (χ4v) is 5.37. The first kappa shape index (κ1) is 26.0. The van der Waals surface area contributed by atoms with Crippen molar-refractivity contribution in [2.45, 2.75) is 19.3 Å². The van der Waals surface area contributed by atoms with Gasteiger partial charge in [-0.1, -0.05) is 35.4 Å². The van der Waals surface area contributed by atoms with Crippen LogP contribution in [0.15, 0.2) is 58.1 Å². The molecule has 206 valence electrons. The summed E-state index contributed by atoms with van der Waals surface area (Å²) in [6, 6.07) is 12.3. The van der Waals surface area contributed by atoms with Crippen LogP contribution in [0.25, 0.3) is 11.6 Å². The molecule has 3 aromatic heterocycles. The van der Waals surface area contributed by atoms with Crippen molar-refractivity contribution in [3.8, 4) is 11.6 Å². The van der Waals surface area contributed by atoms with E-state index in [0.717, 1.165) is 28.3 Å². The molecule has 0 aliphatic carbocycles. The molecular formula is C26H22F3N7O3S. The quantitative estimate of drug-likeness (QED) is 0.359. The van der Waals surface area contributed by atoms with Crippen molar-refractivity contribution < 1.29 is 27.1 Å². The van der Waals surface area contributed by atoms with Crippen molar-refractivity contribution in [1.29, 1.82) is 0 Å². The maximum Gasteiger partial charge on any atom is 0.417 e. The molecule has 5 heterocycles. The summed E-state index contributed by atoms with van der Waals surface area (Å²) in [5.74, 6) is -0.538. The van der Waals surface area contributed by atoms with E-state index in [-0.39, 0.29) is 23.3 Å². The third-order valence-corrected chi connectivity index (χ3v) is 7.30. The Labute approximate surface area is 229 Å². The van der Waals surface area contributed by atoms with Crippen LogP contribution in [0.5, 0.6) is 0 Å². The van der Waals surface area contributed by atoms with Gasteiger partial charge in [-0.15, -0.1) is 16.4 Å². The number of anilines is 3. The molecule has 1 unspecified atom stereocenters. The summed E-state index contributed by atoms with van der Waals surface area (Å²) in [6.07, 6.45) is -4.97. The number of aliphatic imine (C=N–C) groups is 1. The van der Waals surface area contributed by atoms with Gasteiger partial charge >= 0.3 is 12.2 Å². The fraction of sp³-hybridized carbons (Fsp3) is 0.269. The number of alkyl halides is 3. The van der Waals surface area contributed by atoms with Crippen molar-refractivity contribution in [3.05, 3.63) is 70.2 Å². The molecule has 1 atom stereocenters. The molecule has 0 spiro atoms. The van der Waals surface area contributed by atoms with Gasteiger partial charge in [0.1, 0.15) is 5.00 Å². The van der Waals surface area contributed by atoms with Gasteiger partial charge in [-0.2, -0.15) is 13.2 Å². The highest BCUT2D eigenvalue weighted by molar-refractivity contribution is 7.16. The van der Waals surface area contributed by atoms with E-state index in [4.69, 9.17) is 14.1 Å². The van der Waals surface area contributed by atoms with Crippen molar-refractivity contribution >= 4 is 39.7 Å². The first-order valence-electron chi connectivity index (χ1n) is 12.3. The predicted molar refractivity (Wildman–Crippen MR) is 143 cm³/mol. The fourth-order valence-electron chi connectivity index (χ4n) is 4.46. The number of nitrogens with one attached hydrogen (secondary N) is 2. The van der Waals surface area contributed by atoms with E-state index in [9.17, 15) is 18.0 Å². The smallest absolute Gasteiger partial charge is 0.402 e. The molecule has 1 saturated heterocycles. The van der Waals surface area contributed by atoms with Crippen LogP contribution in [-0.2, 0) is 15.7 Å². The van der Waals surface area contributed by atoms with E-state index in [2.05, 4.69) is 25.8 Å². The van der Waals surface area contributed by atoms with Crippen LogP contribution in [0.2, 0.25) is 0 Å². The van der Waals surface area contributed by atoms with Crippen LogP contribution >= 0.6 is 11.3 Å². The molecule has 2 aliphatic heterocycles. The maximum atomic E-state index is 13.5. The molecule has 0 radical (unpaired) electrons. The van der Waals surface area contributed by atoms with Crippen molar-refractivity contribution in [1.82, 2.24) is 15.2 Å². The van der Waals surface area contributed by atoms with Crippen molar-refractivity contribution in [2.75, 3.05) is 41.8 Å². The summed E-state index contributed by atoms with van der Waals surface area (Å²) < 4.78 is 51.5. The molecule has 2 N–H and O–H groups in total. The van der Waals surface area contributed by atoms with E-state index < -0.39 is 23.8 Å². The number of thiophene rings is 1. The summed E-state index contributed by atoms with van der Waals surface area (Å²) in [7, 11) is 0. The molecule has 10 nitrogen and oxygen atoms in total. The van der Waals surface area contributed by atoms with Gasteiger partial charge in [0.25, 0.3) is 11.8 Å². The molecule has 14 heteroatoms. The lowest BCUT2D eigenvalue weighted by Gasteiger charge is -2.30. The van der Waals surface area contributed by atoms with E-state index in [1.807, 2.05) is 43.3 Å². The molecule has 1 aromatic carbocycles. The predicted octanol–water partition coefficient (Wildman–Crippen LogP) is 4.58. The zero-order valence-electron chi connectivity index (χ0n) is 21.0. The molecule has 2 aliphatic rings. The van der Waals surface area contributed by atoms with Gasteiger partial charge in [-0.05, 0) is 19.1 Å². The number of aryl methyl sites for hydroxylation is 1. The highest BCUT2D eigenvalue weighted by Gasteiger charge is 2.34. The van der Waals surface area contributed by atoms with Crippen molar-refractivity contribution in [2.24, 2.45) is 4.99 Å². The lowest BCUT2D eigenvalue weighted by Crippen LogP contribution is -2.36. The summed E-state index contributed by atoms with van der Waals surface area (Å²) in [6.45, 7) is 3.41. The number of ether oxygens (including phenoxy) is 1. The standard InChI is InChI=1S/C26H22F3N7O3S/c1-14-11-17-19(15-5-3-2-4-6-15)31-21(22(37)33-24(17)40-14)32-25-35-34-23(39-25)20-18(36-7-9-38-10-8-36)12-16(13-30-20)26(27,28)29/h2-6,11-13,21H,7-10H2,1H3,(H,32,35)(H,33,37). The van der Waals surface area contributed by atoms with Gasteiger partial charge in [0.2, 0.25) is 6.17 Å².